The fourth-order valence-electron chi connectivity index (χ4n) is 2.87. The monoisotopic (exact) mass is 332 g/mol. The third-order valence-electron chi connectivity index (χ3n) is 4.31. The van der Waals surface area contributed by atoms with Gasteiger partial charge >= 0.3 is 0 Å². The predicted octanol–water partition coefficient (Wildman–Crippen LogP) is 2.61. The highest BCUT2D eigenvalue weighted by Crippen LogP contribution is 2.18. The molecule has 0 atom stereocenters. The molecule has 1 heterocycles. The summed E-state index contributed by atoms with van der Waals surface area (Å²) in [5.74, 6) is 1.20. The van der Waals surface area contributed by atoms with Gasteiger partial charge in [0.1, 0.15) is 5.75 Å². The van der Waals surface area contributed by atoms with Crippen molar-refractivity contribution >= 4 is 11.8 Å². The topological polar surface area (TPSA) is 58.6 Å². The largest absolute Gasteiger partial charge is 0.494 e. The lowest BCUT2D eigenvalue weighted by Crippen LogP contribution is -2.43. The highest BCUT2D eigenvalue weighted by molar-refractivity contribution is 5.80. The van der Waals surface area contributed by atoms with Crippen LogP contribution in [0.25, 0.3) is 0 Å². The summed E-state index contributed by atoms with van der Waals surface area (Å²) in [5, 5.41) is 2.94. The number of hydrogen-bond acceptors (Lipinski definition) is 3. The van der Waals surface area contributed by atoms with Crippen LogP contribution in [0, 0.1) is 5.92 Å². The third-order valence-corrected chi connectivity index (χ3v) is 4.31. The van der Waals surface area contributed by atoms with Gasteiger partial charge in [0.05, 0.1) is 6.61 Å². The summed E-state index contributed by atoms with van der Waals surface area (Å²) in [5.41, 5.74) is 0. The molecule has 1 aromatic carbocycles. The normalized spacial score (nSPS) is 15.1. The van der Waals surface area contributed by atoms with E-state index in [4.69, 9.17) is 4.74 Å². The van der Waals surface area contributed by atoms with Crippen LogP contribution in [0.3, 0.4) is 0 Å². The lowest BCUT2D eigenvalue weighted by molar-refractivity contribution is -0.135. The number of amides is 2. The van der Waals surface area contributed by atoms with E-state index in [1.807, 2.05) is 42.2 Å². The van der Waals surface area contributed by atoms with Gasteiger partial charge in [-0.25, -0.2) is 0 Å². The molecule has 0 radical (unpaired) electrons. The van der Waals surface area contributed by atoms with Gasteiger partial charge in [-0.3, -0.25) is 9.59 Å². The highest BCUT2D eigenvalue weighted by atomic mass is 16.5. The number of rotatable bonds is 8. The second kappa shape index (κ2) is 9.96. The molecule has 1 fully saturated rings. The molecule has 1 N–H and O–H groups in total. The third kappa shape index (κ3) is 5.87. The molecule has 1 aliphatic heterocycles. The minimum Gasteiger partial charge on any atom is -0.494 e. The van der Waals surface area contributed by atoms with E-state index in [1.54, 1.807) is 0 Å². The number of para-hydroxylation sites is 1. The smallest absolute Gasteiger partial charge is 0.223 e. The van der Waals surface area contributed by atoms with E-state index >= 15 is 0 Å². The van der Waals surface area contributed by atoms with Gasteiger partial charge in [0.2, 0.25) is 11.8 Å². The van der Waals surface area contributed by atoms with Crippen LogP contribution in [0.4, 0.5) is 0 Å². The number of likely N-dealkylation sites (tertiary alicyclic amines) is 1. The van der Waals surface area contributed by atoms with Crippen molar-refractivity contribution < 1.29 is 14.3 Å². The van der Waals surface area contributed by atoms with Crippen LogP contribution in [0.2, 0.25) is 0 Å². The molecule has 24 heavy (non-hydrogen) atoms. The van der Waals surface area contributed by atoms with Crippen LogP contribution in [0.15, 0.2) is 30.3 Å². The Morgan fingerprint density at radius 1 is 1.21 bits per heavy atom. The molecule has 1 aliphatic rings. The number of piperidine rings is 1. The van der Waals surface area contributed by atoms with Crippen molar-refractivity contribution in [3.05, 3.63) is 30.3 Å². The number of nitrogens with one attached hydrogen (secondary N) is 1. The van der Waals surface area contributed by atoms with Crippen molar-refractivity contribution in [2.75, 3.05) is 26.2 Å². The minimum absolute atomic E-state index is 0.0574. The van der Waals surface area contributed by atoms with Gasteiger partial charge in [0.15, 0.2) is 0 Å². The standard InChI is InChI=1S/C19H28N2O3/c1-2-12-20-19(23)16-10-13-21(14-11-16)18(22)9-6-15-24-17-7-4-3-5-8-17/h3-5,7-8,16H,2,6,9-15H2,1H3,(H,20,23). The molecule has 1 aromatic rings. The van der Waals surface area contributed by atoms with Crippen LogP contribution >= 0.6 is 0 Å². The Hall–Kier alpha value is -2.04. The van der Waals surface area contributed by atoms with Crippen molar-refractivity contribution in [1.82, 2.24) is 10.2 Å². The number of hydrogen-bond donors (Lipinski definition) is 1. The second-order valence-electron chi connectivity index (χ2n) is 6.21. The number of carbonyl (C=O) groups is 2. The molecule has 0 saturated carbocycles. The summed E-state index contributed by atoms with van der Waals surface area (Å²) in [6.45, 7) is 4.69. The van der Waals surface area contributed by atoms with Gasteiger partial charge in [-0.05, 0) is 37.8 Å². The van der Waals surface area contributed by atoms with Crippen LogP contribution in [-0.2, 0) is 9.59 Å². The lowest BCUT2D eigenvalue weighted by atomic mass is 9.95. The zero-order valence-corrected chi connectivity index (χ0v) is 14.5. The summed E-state index contributed by atoms with van der Waals surface area (Å²) < 4.78 is 5.61. The first kappa shape index (κ1) is 18.3. The fraction of sp³-hybridized carbons (Fsp3) is 0.579. The van der Waals surface area contributed by atoms with Crippen LogP contribution in [-0.4, -0.2) is 43.0 Å². The Morgan fingerprint density at radius 3 is 2.58 bits per heavy atom. The average Bonchev–Trinajstić information content (AvgIpc) is 2.64. The van der Waals surface area contributed by atoms with Gasteiger partial charge in [-0.2, -0.15) is 0 Å². The zero-order valence-electron chi connectivity index (χ0n) is 14.5. The van der Waals surface area contributed by atoms with Gasteiger partial charge in [-0.1, -0.05) is 25.1 Å². The number of benzene rings is 1. The first-order chi connectivity index (χ1) is 11.7. The van der Waals surface area contributed by atoms with Crippen molar-refractivity contribution in [2.45, 2.75) is 39.0 Å². The SMILES string of the molecule is CCCNC(=O)C1CCN(C(=O)CCCOc2ccccc2)CC1. The zero-order chi connectivity index (χ0) is 17.2. The average molecular weight is 332 g/mol. The number of nitrogens with zero attached hydrogens (tertiary/aromatic N) is 1. The maximum atomic E-state index is 12.2. The van der Waals surface area contributed by atoms with E-state index in [9.17, 15) is 9.59 Å². The maximum Gasteiger partial charge on any atom is 0.223 e. The minimum atomic E-state index is 0.0574. The van der Waals surface area contributed by atoms with Crippen LogP contribution < -0.4 is 10.1 Å². The van der Waals surface area contributed by atoms with E-state index in [-0.39, 0.29) is 17.7 Å². The molecule has 0 bridgehead atoms. The highest BCUT2D eigenvalue weighted by Gasteiger charge is 2.26. The molecule has 0 spiro atoms. The maximum absolute atomic E-state index is 12.2. The fourth-order valence-corrected chi connectivity index (χ4v) is 2.87. The molecule has 0 aromatic heterocycles. The molecular weight excluding hydrogens is 304 g/mol. The van der Waals surface area contributed by atoms with Crippen molar-refractivity contribution in [3.8, 4) is 5.75 Å². The van der Waals surface area contributed by atoms with E-state index in [1.165, 1.54) is 0 Å². The van der Waals surface area contributed by atoms with Gasteiger partial charge in [0.25, 0.3) is 0 Å². The van der Waals surface area contributed by atoms with E-state index in [2.05, 4.69) is 5.32 Å². The molecule has 0 aliphatic carbocycles. The number of carbonyl (C=O) groups excluding carboxylic acids is 2. The van der Waals surface area contributed by atoms with Crippen molar-refractivity contribution in [3.63, 3.8) is 0 Å². The second-order valence-corrected chi connectivity index (χ2v) is 6.21. The van der Waals surface area contributed by atoms with Crippen molar-refractivity contribution in [1.29, 1.82) is 0 Å². The van der Waals surface area contributed by atoms with E-state index in [0.29, 0.717) is 32.5 Å². The molecule has 0 unspecified atom stereocenters. The Balaban J connectivity index is 1.61. The summed E-state index contributed by atoms with van der Waals surface area (Å²) in [6.07, 6.45) is 3.70. The van der Waals surface area contributed by atoms with Gasteiger partial charge in [-0.15, -0.1) is 0 Å². The Kier molecular flexibility index (Phi) is 7.59. The van der Waals surface area contributed by atoms with Gasteiger partial charge < -0.3 is 15.0 Å². The first-order valence-electron chi connectivity index (χ1n) is 8.94. The molecule has 2 amide bonds. The Bertz CT molecular complexity index is 511. The quantitative estimate of drug-likeness (QED) is 0.745. The molecule has 2 rings (SSSR count). The molecule has 5 heteroatoms. The van der Waals surface area contributed by atoms with E-state index in [0.717, 1.165) is 31.6 Å². The molecule has 5 nitrogen and oxygen atoms in total. The Morgan fingerprint density at radius 2 is 1.92 bits per heavy atom. The lowest BCUT2D eigenvalue weighted by Gasteiger charge is -2.31. The Labute approximate surface area is 144 Å². The van der Waals surface area contributed by atoms with Crippen LogP contribution in [0.5, 0.6) is 5.75 Å². The van der Waals surface area contributed by atoms with E-state index < -0.39 is 0 Å². The molecular formula is C19H28N2O3. The summed E-state index contributed by atoms with van der Waals surface area (Å²) in [6, 6.07) is 9.64. The number of ether oxygens (including phenoxy) is 1. The first-order valence-corrected chi connectivity index (χ1v) is 8.94. The predicted molar refractivity (Wildman–Crippen MR) is 93.8 cm³/mol. The molecule has 132 valence electrons. The van der Waals surface area contributed by atoms with Gasteiger partial charge in [0, 0.05) is 32.0 Å². The van der Waals surface area contributed by atoms with Crippen molar-refractivity contribution in [2.24, 2.45) is 5.92 Å². The summed E-state index contributed by atoms with van der Waals surface area (Å²) >= 11 is 0. The summed E-state index contributed by atoms with van der Waals surface area (Å²) in [7, 11) is 0. The van der Waals surface area contributed by atoms with Crippen LogP contribution in [0.1, 0.15) is 39.0 Å². The molecule has 1 saturated heterocycles. The summed E-state index contributed by atoms with van der Waals surface area (Å²) in [4.78, 5) is 26.1.